The molecule has 30 heavy (non-hydrogen) atoms. The summed E-state index contributed by atoms with van der Waals surface area (Å²) in [5.41, 5.74) is 0.163. The first-order valence-electron chi connectivity index (χ1n) is 9.50. The Labute approximate surface area is 179 Å². The number of carbonyl (C=O) groups excluding carboxylic acids is 2. The molecule has 160 valence electrons. The Morgan fingerprint density at radius 1 is 1.43 bits per heavy atom. The molecular formula is C20H26N6O3S. The second-order valence-corrected chi connectivity index (χ2v) is 7.80. The molecule has 0 spiro atoms. The van der Waals surface area contributed by atoms with Crippen LogP contribution in [0.1, 0.15) is 37.2 Å². The zero-order valence-electron chi connectivity index (χ0n) is 17.1. The van der Waals surface area contributed by atoms with E-state index in [0.717, 1.165) is 24.6 Å². The van der Waals surface area contributed by atoms with Gasteiger partial charge in [-0.05, 0) is 26.7 Å². The number of amides is 1. The van der Waals surface area contributed by atoms with E-state index < -0.39 is 11.3 Å². The number of hydrogen-bond acceptors (Lipinski definition) is 8. The minimum atomic E-state index is -0.569. The predicted molar refractivity (Wildman–Crippen MR) is 117 cm³/mol. The molecule has 1 aromatic heterocycles. The lowest BCUT2D eigenvalue weighted by atomic mass is 10.1. The molecule has 3 N–H and O–H groups in total. The molecule has 10 heteroatoms. The third-order valence-electron chi connectivity index (χ3n) is 4.34. The summed E-state index contributed by atoms with van der Waals surface area (Å²) in [6, 6.07) is 0. The van der Waals surface area contributed by atoms with Crippen LogP contribution < -0.4 is 5.32 Å². The van der Waals surface area contributed by atoms with Gasteiger partial charge in [-0.25, -0.2) is 0 Å². The van der Waals surface area contributed by atoms with Crippen molar-refractivity contribution in [1.82, 2.24) is 20.3 Å². The van der Waals surface area contributed by atoms with Crippen LogP contribution in [0.3, 0.4) is 0 Å². The molecule has 0 atom stereocenters. The third kappa shape index (κ3) is 6.24. The Morgan fingerprint density at radius 2 is 2.17 bits per heavy atom. The second kappa shape index (κ2) is 10.7. The highest BCUT2D eigenvalue weighted by molar-refractivity contribution is 8.26. The van der Waals surface area contributed by atoms with Crippen LogP contribution in [0, 0.1) is 16.2 Å². The molecule has 1 saturated carbocycles. The molecular weight excluding hydrogens is 404 g/mol. The summed E-state index contributed by atoms with van der Waals surface area (Å²) in [5, 5.41) is 26.7. The van der Waals surface area contributed by atoms with E-state index in [4.69, 9.17) is 15.6 Å². The van der Waals surface area contributed by atoms with Gasteiger partial charge < -0.3 is 10.1 Å². The normalized spacial score (nSPS) is 14.9. The summed E-state index contributed by atoms with van der Waals surface area (Å²) < 4.78 is 6.57. The molecule has 0 saturated heterocycles. The van der Waals surface area contributed by atoms with Crippen molar-refractivity contribution in [2.75, 3.05) is 13.2 Å². The lowest BCUT2D eigenvalue weighted by Crippen LogP contribution is -2.29. The van der Waals surface area contributed by atoms with E-state index in [1.54, 1.807) is 31.2 Å². The lowest BCUT2D eigenvalue weighted by Gasteiger charge is -2.12. The predicted octanol–water partition coefficient (Wildman–Crippen LogP) is 2.73. The second-order valence-electron chi connectivity index (χ2n) is 6.70. The van der Waals surface area contributed by atoms with Crippen molar-refractivity contribution in [3.05, 3.63) is 48.3 Å². The molecule has 9 nitrogen and oxygen atoms in total. The quantitative estimate of drug-likeness (QED) is 0.226. The van der Waals surface area contributed by atoms with E-state index in [0.29, 0.717) is 18.7 Å². The van der Waals surface area contributed by atoms with E-state index in [2.05, 4.69) is 22.2 Å². The van der Waals surface area contributed by atoms with Crippen LogP contribution in [0.2, 0.25) is 0 Å². The Kier molecular flexibility index (Phi) is 8.28. The number of aromatic nitrogens is 3. The summed E-state index contributed by atoms with van der Waals surface area (Å²) in [4.78, 5) is 24.3. The van der Waals surface area contributed by atoms with Gasteiger partial charge in [0, 0.05) is 5.57 Å². The molecule has 0 aromatic carbocycles. The highest BCUT2D eigenvalue weighted by atomic mass is 32.2. The van der Waals surface area contributed by atoms with Crippen molar-refractivity contribution in [2.24, 2.45) is 5.41 Å². The van der Waals surface area contributed by atoms with Crippen LogP contribution >= 0.6 is 11.8 Å². The number of hydrogen-bond donors (Lipinski definition) is 3. The van der Waals surface area contributed by atoms with Crippen molar-refractivity contribution in [3.63, 3.8) is 0 Å². The van der Waals surface area contributed by atoms with Gasteiger partial charge in [0.25, 0.3) is 5.91 Å². The van der Waals surface area contributed by atoms with Crippen LogP contribution in [-0.4, -0.2) is 50.1 Å². The first kappa shape index (κ1) is 23.3. The summed E-state index contributed by atoms with van der Waals surface area (Å²) in [6.07, 6.45) is 9.74. The number of rotatable bonds is 10. The monoisotopic (exact) mass is 430 g/mol. The molecule has 0 unspecified atom stereocenters. The van der Waals surface area contributed by atoms with Crippen LogP contribution in [-0.2, 0) is 16.1 Å². The highest BCUT2D eigenvalue weighted by Crippen LogP contribution is 2.48. The topological polar surface area (TPSA) is 134 Å². The van der Waals surface area contributed by atoms with Gasteiger partial charge >= 0.3 is 5.97 Å². The van der Waals surface area contributed by atoms with Crippen LogP contribution in [0.15, 0.2) is 42.7 Å². The zero-order valence-corrected chi connectivity index (χ0v) is 17.9. The van der Waals surface area contributed by atoms with Crippen molar-refractivity contribution in [1.29, 1.82) is 10.8 Å². The summed E-state index contributed by atoms with van der Waals surface area (Å²) >= 11 is 0.946. The number of nitrogens with one attached hydrogen (secondary N) is 3. The molecule has 1 aliphatic rings. The minimum absolute atomic E-state index is 0.0390. The summed E-state index contributed by atoms with van der Waals surface area (Å²) in [5.74, 6) is -0.725. The maximum absolute atomic E-state index is 12.3. The number of ether oxygens (including phenoxy) is 1. The van der Waals surface area contributed by atoms with Crippen LogP contribution in [0.4, 0.5) is 0 Å². The number of allylic oxidation sites excluding steroid dienone is 4. The molecule has 1 aliphatic carbocycles. The van der Waals surface area contributed by atoms with E-state index >= 15 is 0 Å². The van der Waals surface area contributed by atoms with Gasteiger partial charge in [-0.15, -0.1) is 5.10 Å². The van der Waals surface area contributed by atoms with Gasteiger partial charge in [0.05, 0.1) is 36.4 Å². The Bertz CT molecular complexity index is 898. The van der Waals surface area contributed by atoms with Gasteiger partial charge in [0.2, 0.25) is 0 Å². The highest BCUT2D eigenvalue weighted by Gasteiger charge is 2.51. The van der Waals surface area contributed by atoms with Crippen LogP contribution in [0.5, 0.6) is 0 Å². The summed E-state index contributed by atoms with van der Waals surface area (Å²) in [6.45, 7) is 7.82. The maximum Gasteiger partial charge on any atom is 0.313 e. The van der Waals surface area contributed by atoms with Gasteiger partial charge in [-0.3, -0.25) is 25.1 Å². The number of esters is 1. The smallest absolute Gasteiger partial charge is 0.313 e. The van der Waals surface area contributed by atoms with Gasteiger partial charge in [-0.2, -0.15) is 0 Å². The van der Waals surface area contributed by atoms with Crippen molar-refractivity contribution in [2.45, 2.75) is 33.2 Å². The maximum atomic E-state index is 12.3. The van der Waals surface area contributed by atoms with Crippen molar-refractivity contribution >= 4 is 33.7 Å². The fraction of sp³-hybridized carbons (Fsp3) is 0.400. The summed E-state index contributed by atoms with van der Waals surface area (Å²) in [7, 11) is 0. The van der Waals surface area contributed by atoms with E-state index in [9.17, 15) is 9.59 Å². The largest absolute Gasteiger partial charge is 0.466 e. The fourth-order valence-electron chi connectivity index (χ4n) is 2.63. The molecule has 0 aliphatic heterocycles. The SMILES string of the molecule is C=C/C=C(\C=C/C)C(=N)SC(=N)CNC(=O)c1cn(CC2(C(=O)OCC)CC2)nn1. The minimum Gasteiger partial charge on any atom is -0.466 e. The van der Waals surface area contributed by atoms with Gasteiger partial charge in [0.15, 0.2) is 5.69 Å². The van der Waals surface area contributed by atoms with E-state index in [1.165, 1.54) is 10.9 Å². The molecule has 1 fully saturated rings. The van der Waals surface area contributed by atoms with Gasteiger partial charge in [0.1, 0.15) is 5.04 Å². The Balaban J connectivity index is 1.86. The third-order valence-corrected chi connectivity index (χ3v) is 5.17. The van der Waals surface area contributed by atoms with Crippen molar-refractivity contribution < 1.29 is 14.3 Å². The molecule has 0 radical (unpaired) electrons. The molecule has 1 amide bonds. The molecule has 1 heterocycles. The standard InChI is InChI=1S/C20H26N6O3S/c1-4-7-14(8-5-2)17(22)30-16(21)11-23-18(27)15-12-26(25-24-15)13-20(9-10-20)19(28)29-6-3/h4-5,7-8,12,21-22H,1,6,9-11,13H2,2-3H3,(H,23,27)/b8-5-,14-7+,21-16?,22-17?. The zero-order chi connectivity index (χ0) is 22.1. The fourth-order valence-corrected chi connectivity index (χ4v) is 3.28. The number of carbonyl (C=O) groups is 2. The van der Waals surface area contributed by atoms with Crippen LogP contribution in [0.25, 0.3) is 0 Å². The first-order valence-corrected chi connectivity index (χ1v) is 10.3. The Hall–Kier alpha value is -3.01. The molecule has 0 bridgehead atoms. The van der Waals surface area contributed by atoms with Gasteiger partial charge in [-0.1, -0.05) is 47.9 Å². The number of nitrogens with zero attached hydrogens (tertiary/aromatic N) is 3. The Morgan fingerprint density at radius 3 is 2.77 bits per heavy atom. The first-order chi connectivity index (χ1) is 14.3. The number of thioether (sulfide) groups is 1. The lowest BCUT2D eigenvalue weighted by molar-refractivity contribution is -0.150. The van der Waals surface area contributed by atoms with E-state index in [1.807, 2.05) is 6.92 Å². The molecule has 1 aromatic rings. The molecule has 2 rings (SSSR count). The average molecular weight is 431 g/mol. The van der Waals surface area contributed by atoms with E-state index in [-0.39, 0.29) is 28.3 Å². The average Bonchev–Trinajstić information content (AvgIpc) is 3.35. The van der Waals surface area contributed by atoms with Crippen molar-refractivity contribution in [3.8, 4) is 0 Å².